The number of rotatable bonds is 4. The number of hydrogen-bond acceptors (Lipinski definition) is 1. The zero-order valence-corrected chi connectivity index (χ0v) is 11.3. The Kier molecular flexibility index (Phi) is 4.68. The molecule has 0 aliphatic heterocycles. The van der Waals surface area contributed by atoms with Crippen LogP contribution in [0, 0.1) is 5.41 Å². The third kappa shape index (κ3) is 3.85. The maximum Gasteiger partial charge on any atom is 0.166 e. The summed E-state index contributed by atoms with van der Waals surface area (Å²) in [6.07, 6.45) is 13.4. The fraction of sp³-hybridized carbons (Fsp3) is 0.438. The molecule has 1 aliphatic rings. The van der Waals surface area contributed by atoms with Crippen molar-refractivity contribution in [1.29, 1.82) is 0 Å². The summed E-state index contributed by atoms with van der Waals surface area (Å²) in [5.41, 5.74) is 2.16. The Bertz CT molecular complexity index is 377. The van der Waals surface area contributed by atoms with Crippen molar-refractivity contribution in [3.8, 4) is 0 Å². The van der Waals surface area contributed by atoms with Gasteiger partial charge in [0.25, 0.3) is 0 Å². The Morgan fingerprint density at radius 3 is 2.00 bits per heavy atom. The molecule has 0 aromatic rings. The minimum absolute atomic E-state index is 0.218. The van der Waals surface area contributed by atoms with Crippen LogP contribution in [0.1, 0.15) is 40.5 Å². The van der Waals surface area contributed by atoms with Gasteiger partial charge >= 0.3 is 0 Å². The van der Waals surface area contributed by atoms with Crippen LogP contribution in [-0.4, -0.2) is 5.78 Å². The van der Waals surface area contributed by atoms with Crippen molar-refractivity contribution in [3.63, 3.8) is 0 Å². The second kappa shape index (κ2) is 5.81. The third-order valence-electron chi connectivity index (χ3n) is 3.01. The molecule has 1 heteroatoms. The lowest BCUT2D eigenvalue weighted by Crippen LogP contribution is -2.28. The van der Waals surface area contributed by atoms with Crippen molar-refractivity contribution < 1.29 is 4.79 Å². The highest BCUT2D eigenvalue weighted by molar-refractivity contribution is 5.98. The van der Waals surface area contributed by atoms with E-state index in [1.165, 1.54) is 11.1 Å². The van der Waals surface area contributed by atoms with Crippen LogP contribution in [0.2, 0.25) is 0 Å². The smallest absolute Gasteiger partial charge is 0.166 e. The van der Waals surface area contributed by atoms with Crippen molar-refractivity contribution in [3.05, 3.63) is 47.6 Å². The van der Waals surface area contributed by atoms with E-state index < -0.39 is 0 Å². The predicted molar refractivity (Wildman–Crippen MR) is 73.8 cm³/mol. The van der Waals surface area contributed by atoms with Gasteiger partial charge in [0.05, 0.1) is 5.41 Å². The average molecular weight is 230 g/mol. The fourth-order valence-electron chi connectivity index (χ4n) is 1.82. The SMILES string of the molecule is CC(C)=CCC1(CC=C(C)C)C=CC=CC1=O. The minimum Gasteiger partial charge on any atom is -0.294 e. The highest BCUT2D eigenvalue weighted by atomic mass is 16.1. The Labute approximate surface area is 105 Å². The van der Waals surface area contributed by atoms with Crippen LogP contribution in [0.4, 0.5) is 0 Å². The molecule has 0 fully saturated rings. The van der Waals surface area contributed by atoms with E-state index in [4.69, 9.17) is 0 Å². The summed E-state index contributed by atoms with van der Waals surface area (Å²) in [6, 6.07) is 0. The first-order valence-corrected chi connectivity index (χ1v) is 6.13. The van der Waals surface area contributed by atoms with Gasteiger partial charge in [-0.1, -0.05) is 41.5 Å². The van der Waals surface area contributed by atoms with Gasteiger partial charge in [-0.05, 0) is 46.6 Å². The lowest BCUT2D eigenvalue weighted by molar-refractivity contribution is -0.121. The lowest BCUT2D eigenvalue weighted by Gasteiger charge is -2.27. The molecular weight excluding hydrogens is 208 g/mol. The number of carbonyl (C=O) groups excluding carboxylic acids is 1. The molecule has 0 bridgehead atoms. The molecule has 0 aromatic carbocycles. The van der Waals surface area contributed by atoms with Gasteiger partial charge in [0, 0.05) is 0 Å². The third-order valence-corrected chi connectivity index (χ3v) is 3.01. The molecule has 0 amide bonds. The van der Waals surface area contributed by atoms with Crippen LogP contribution in [0.3, 0.4) is 0 Å². The summed E-state index contributed by atoms with van der Waals surface area (Å²) >= 11 is 0. The number of hydrogen-bond donors (Lipinski definition) is 0. The van der Waals surface area contributed by atoms with Gasteiger partial charge in [0.15, 0.2) is 5.78 Å². The quantitative estimate of drug-likeness (QED) is 0.655. The van der Waals surface area contributed by atoms with E-state index in [2.05, 4.69) is 39.8 Å². The van der Waals surface area contributed by atoms with E-state index in [0.29, 0.717) is 0 Å². The first-order valence-electron chi connectivity index (χ1n) is 6.13. The second-order valence-corrected chi connectivity index (χ2v) is 5.21. The molecule has 0 saturated carbocycles. The molecule has 0 aromatic heterocycles. The van der Waals surface area contributed by atoms with Crippen LogP contribution in [0.5, 0.6) is 0 Å². The largest absolute Gasteiger partial charge is 0.294 e. The Morgan fingerprint density at radius 2 is 1.59 bits per heavy atom. The van der Waals surface area contributed by atoms with E-state index in [9.17, 15) is 4.79 Å². The van der Waals surface area contributed by atoms with Crippen LogP contribution in [0.25, 0.3) is 0 Å². The fourth-order valence-corrected chi connectivity index (χ4v) is 1.82. The maximum atomic E-state index is 12.1. The number of carbonyl (C=O) groups is 1. The second-order valence-electron chi connectivity index (χ2n) is 5.21. The highest BCUT2D eigenvalue weighted by Gasteiger charge is 2.32. The predicted octanol–water partition coefficient (Wildman–Crippen LogP) is 4.38. The van der Waals surface area contributed by atoms with Crippen LogP contribution >= 0.6 is 0 Å². The summed E-state index contributed by atoms with van der Waals surface area (Å²) < 4.78 is 0. The van der Waals surface area contributed by atoms with Gasteiger partial charge < -0.3 is 0 Å². The molecular formula is C16H22O. The van der Waals surface area contributed by atoms with E-state index in [1.807, 2.05) is 18.2 Å². The Morgan fingerprint density at radius 1 is 1.06 bits per heavy atom. The highest BCUT2D eigenvalue weighted by Crippen LogP contribution is 2.34. The van der Waals surface area contributed by atoms with Crippen LogP contribution in [0.15, 0.2) is 47.6 Å². The first kappa shape index (κ1) is 13.7. The van der Waals surface area contributed by atoms with Gasteiger partial charge in [-0.3, -0.25) is 4.79 Å². The molecule has 92 valence electrons. The monoisotopic (exact) mass is 230 g/mol. The molecule has 0 N–H and O–H groups in total. The molecule has 0 saturated heterocycles. The van der Waals surface area contributed by atoms with Gasteiger partial charge in [-0.25, -0.2) is 0 Å². The van der Waals surface area contributed by atoms with E-state index in [0.717, 1.165) is 12.8 Å². The average Bonchev–Trinajstić information content (AvgIpc) is 2.26. The van der Waals surface area contributed by atoms with Crippen LogP contribution < -0.4 is 0 Å². The summed E-state index contributed by atoms with van der Waals surface area (Å²) in [4.78, 5) is 12.1. The molecule has 1 aliphatic carbocycles. The molecule has 1 rings (SSSR count). The molecule has 0 unspecified atom stereocenters. The van der Waals surface area contributed by atoms with E-state index in [1.54, 1.807) is 6.08 Å². The van der Waals surface area contributed by atoms with Gasteiger partial charge in [0.1, 0.15) is 0 Å². The van der Waals surface area contributed by atoms with Crippen molar-refractivity contribution in [1.82, 2.24) is 0 Å². The van der Waals surface area contributed by atoms with Crippen molar-refractivity contribution in [2.45, 2.75) is 40.5 Å². The molecule has 1 nitrogen and oxygen atoms in total. The molecule has 0 radical (unpaired) electrons. The zero-order valence-electron chi connectivity index (χ0n) is 11.3. The number of ketones is 1. The minimum atomic E-state index is -0.358. The van der Waals surface area contributed by atoms with Crippen LogP contribution in [-0.2, 0) is 4.79 Å². The summed E-state index contributed by atoms with van der Waals surface area (Å²) in [7, 11) is 0. The summed E-state index contributed by atoms with van der Waals surface area (Å²) in [5, 5.41) is 0. The van der Waals surface area contributed by atoms with Crippen molar-refractivity contribution in [2.24, 2.45) is 5.41 Å². The van der Waals surface area contributed by atoms with Crippen molar-refractivity contribution >= 4 is 5.78 Å². The van der Waals surface area contributed by atoms with E-state index >= 15 is 0 Å². The standard InChI is InChI=1S/C16H22O/c1-13(2)8-11-16(12-9-14(3)4)10-6-5-7-15(16)17/h5-10H,11-12H2,1-4H3. The van der Waals surface area contributed by atoms with Gasteiger partial charge in [0.2, 0.25) is 0 Å². The van der Waals surface area contributed by atoms with E-state index in [-0.39, 0.29) is 11.2 Å². The van der Waals surface area contributed by atoms with Crippen molar-refractivity contribution in [2.75, 3.05) is 0 Å². The Balaban J connectivity index is 2.96. The zero-order chi connectivity index (χ0) is 12.9. The topological polar surface area (TPSA) is 17.1 Å². The normalized spacial score (nSPS) is 16.8. The molecule has 17 heavy (non-hydrogen) atoms. The summed E-state index contributed by atoms with van der Waals surface area (Å²) in [6.45, 7) is 8.28. The lowest BCUT2D eigenvalue weighted by atomic mass is 9.74. The van der Waals surface area contributed by atoms with Gasteiger partial charge in [-0.15, -0.1) is 0 Å². The first-order chi connectivity index (χ1) is 7.96. The summed E-state index contributed by atoms with van der Waals surface area (Å²) in [5.74, 6) is 0.218. The Hall–Kier alpha value is -1.37. The molecule has 0 atom stereocenters. The van der Waals surface area contributed by atoms with Gasteiger partial charge in [-0.2, -0.15) is 0 Å². The number of allylic oxidation sites excluding steroid dienone is 8. The molecule has 0 spiro atoms. The molecule has 0 heterocycles. The maximum absolute atomic E-state index is 12.1.